The van der Waals surface area contributed by atoms with Crippen molar-refractivity contribution in [3.63, 3.8) is 0 Å². The third-order valence-electron chi connectivity index (χ3n) is 6.73. The topological polar surface area (TPSA) is 55.8 Å². The van der Waals surface area contributed by atoms with Gasteiger partial charge in [0, 0.05) is 36.8 Å². The van der Waals surface area contributed by atoms with Gasteiger partial charge in [-0.15, -0.1) is 0 Å². The van der Waals surface area contributed by atoms with Gasteiger partial charge in [-0.2, -0.15) is 0 Å². The minimum Gasteiger partial charge on any atom is -0.306 e. The van der Waals surface area contributed by atoms with Crippen LogP contribution in [0.2, 0.25) is 0 Å². The number of hydroxylamine groups is 1. The van der Waals surface area contributed by atoms with Crippen molar-refractivity contribution in [2.45, 2.75) is 51.1 Å². The average molecular weight is 361 g/mol. The van der Waals surface area contributed by atoms with Crippen LogP contribution in [0.3, 0.4) is 0 Å². The molecule has 1 aliphatic carbocycles. The zero-order valence-corrected chi connectivity index (χ0v) is 15.4. The minimum atomic E-state index is -0.659. The minimum absolute atomic E-state index is 0.183. The molecule has 1 saturated heterocycles. The Kier molecular flexibility index (Phi) is 4.75. The van der Waals surface area contributed by atoms with Crippen molar-refractivity contribution in [2.24, 2.45) is 5.41 Å². The first kappa shape index (κ1) is 17.9. The molecule has 26 heavy (non-hydrogen) atoms. The molecule has 1 saturated carbocycles. The zero-order chi connectivity index (χ0) is 18.3. The maximum absolute atomic E-state index is 14.6. The monoisotopic (exact) mass is 361 g/mol. The zero-order valence-electron chi connectivity index (χ0n) is 15.4. The van der Waals surface area contributed by atoms with E-state index in [2.05, 4.69) is 16.8 Å². The number of nitrogens with zero attached hydrogens (tertiary/aromatic N) is 2. The molecule has 1 spiro atoms. The van der Waals surface area contributed by atoms with E-state index in [0.717, 1.165) is 18.5 Å². The number of rotatable bonds is 2. The van der Waals surface area contributed by atoms with Crippen LogP contribution in [-0.4, -0.2) is 53.6 Å². The van der Waals surface area contributed by atoms with Crippen LogP contribution in [0.4, 0.5) is 4.39 Å². The van der Waals surface area contributed by atoms with Gasteiger partial charge >= 0.3 is 0 Å². The molecule has 2 aliphatic heterocycles. The Bertz CT molecular complexity index is 711. The highest BCUT2D eigenvalue weighted by molar-refractivity contribution is 5.93. The first-order valence-corrected chi connectivity index (χ1v) is 9.68. The van der Waals surface area contributed by atoms with Crippen molar-refractivity contribution in [3.8, 4) is 0 Å². The van der Waals surface area contributed by atoms with E-state index in [1.807, 2.05) is 0 Å². The van der Waals surface area contributed by atoms with E-state index in [-0.39, 0.29) is 11.4 Å². The fraction of sp³-hybridized carbons (Fsp3) is 0.650. The van der Waals surface area contributed by atoms with E-state index in [9.17, 15) is 9.18 Å². The molecule has 2 unspecified atom stereocenters. The second-order valence-corrected chi connectivity index (χ2v) is 8.50. The van der Waals surface area contributed by atoms with Crippen LogP contribution in [0.1, 0.15) is 53.6 Å². The van der Waals surface area contributed by atoms with E-state index in [1.54, 1.807) is 11.5 Å². The van der Waals surface area contributed by atoms with Crippen molar-refractivity contribution in [1.82, 2.24) is 15.3 Å². The molecule has 2 fully saturated rings. The predicted molar refractivity (Wildman–Crippen MR) is 96.6 cm³/mol. The number of hydrogen-bond acceptors (Lipinski definition) is 4. The highest BCUT2D eigenvalue weighted by Gasteiger charge is 2.43. The molecule has 4 rings (SSSR count). The molecule has 2 atom stereocenters. The second kappa shape index (κ2) is 6.91. The van der Waals surface area contributed by atoms with Crippen LogP contribution in [0.15, 0.2) is 12.1 Å². The Morgan fingerprint density at radius 1 is 1.35 bits per heavy atom. The van der Waals surface area contributed by atoms with Crippen molar-refractivity contribution >= 4 is 5.91 Å². The number of fused-ring (bicyclic) bond motifs is 1. The standard InChI is InChI=1S/C20H28FN3O2/c1-23-7-2-5-20(13-23)6-3-16(11-20)24-8-4-14-9-15(19(25)22-26)10-18(21)17(14)12-24/h9-10,16,26H,2-8,11-13H2,1H3,(H,22,25). The molecule has 0 radical (unpaired) electrons. The molecule has 2 heterocycles. The van der Waals surface area contributed by atoms with Gasteiger partial charge in [0.2, 0.25) is 0 Å². The average Bonchev–Trinajstić information content (AvgIpc) is 3.03. The fourth-order valence-electron chi connectivity index (χ4n) is 5.46. The summed E-state index contributed by atoms with van der Waals surface area (Å²) in [5.74, 6) is -0.996. The SMILES string of the molecule is CN1CCCC2(CCC(N3CCc4cc(C(=O)NO)cc(F)c4C3)C2)C1. The molecule has 5 nitrogen and oxygen atoms in total. The van der Waals surface area contributed by atoms with Crippen molar-refractivity contribution in [1.29, 1.82) is 0 Å². The Labute approximate surface area is 154 Å². The van der Waals surface area contributed by atoms with Crippen molar-refractivity contribution in [3.05, 3.63) is 34.6 Å². The van der Waals surface area contributed by atoms with Gasteiger partial charge in [-0.05, 0) is 75.2 Å². The smallest absolute Gasteiger partial charge is 0.274 e. The number of carbonyl (C=O) groups excluding carboxylic acids is 1. The lowest BCUT2D eigenvalue weighted by Gasteiger charge is -2.40. The number of amides is 1. The fourth-order valence-corrected chi connectivity index (χ4v) is 5.46. The number of nitrogens with one attached hydrogen (secondary N) is 1. The molecule has 3 aliphatic rings. The van der Waals surface area contributed by atoms with E-state index in [4.69, 9.17) is 5.21 Å². The summed E-state index contributed by atoms with van der Waals surface area (Å²) in [6.07, 6.45) is 7.07. The number of carbonyl (C=O) groups is 1. The van der Waals surface area contributed by atoms with E-state index < -0.39 is 5.91 Å². The maximum atomic E-state index is 14.6. The highest BCUT2D eigenvalue weighted by atomic mass is 19.1. The molecule has 2 N–H and O–H groups in total. The second-order valence-electron chi connectivity index (χ2n) is 8.50. The molecule has 1 amide bonds. The van der Waals surface area contributed by atoms with E-state index in [0.29, 0.717) is 23.6 Å². The summed E-state index contributed by atoms with van der Waals surface area (Å²) in [7, 11) is 2.22. The molecule has 0 aromatic heterocycles. The lowest BCUT2D eigenvalue weighted by Crippen LogP contribution is -2.42. The quantitative estimate of drug-likeness (QED) is 0.628. The Hall–Kier alpha value is -1.50. The van der Waals surface area contributed by atoms with Crippen LogP contribution < -0.4 is 5.48 Å². The number of benzene rings is 1. The molecule has 0 bridgehead atoms. The maximum Gasteiger partial charge on any atom is 0.274 e. The summed E-state index contributed by atoms with van der Waals surface area (Å²) in [5.41, 5.74) is 3.83. The van der Waals surface area contributed by atoms with Gasteiger partial charge in [-0.25, -0.2) is 9.87 Å². The Morgan fingerprint density at radius 3 is 2.96 bits per heavy atom. The highest BCUT2D eigenvalue weighted by Crippen LogP contribution is 2.46. The molecule has 1 aromatic rings. The summed E-state index contributed by atoms with van der Waals surface area (Å²) in [4.78, 5) is 16.5. The predicted octanol–water partition coefficient (Wildman–Crippen LogP) is 2.57. The third-order valence-corrected chi connectivity index (χ3v) is 6.73. The van der Waals surface area contributed by atoms with Crippen LogP contribution in [0.5, 0.6) is 0 Å². The lowest BCUT2D eigenvalue weighted by atomic mass is 9.78. The van der Waals surface area contributed by atoms with E-state index >= 15 is 0 Å². The molecular weight excluding hydrogens is 333 g/mol. The number of likely N-dealkylation sites (tertiary alicyclic amines) is 1. The largest absolute Gasteiger partial charge is 0.306 e. The van der Waals surface area contributed by atoms with Gasteiger partial charge in [-0.1, -0.05) is 0 Å². The molecule has 1 aromatic carbocycles. The first-order valence-electron chi connectivity index (χ1n) is 9.68. The number of piperidine rings is 1. The molecule has 142 valence electrons. The van der Waals surface area contributed by atoms with Gasteiger partial charge < -0.3 is 4.90 Å². The third kappa shape index (κ3) is 3.26. The van der Waals surface area contributed by atoms with Gasteiger partial charge in [0.1, 0.15) is 5.82 Å². The van der Waals surface area contributed by atoms with Crippen LogP contribution in [-0.2, 0) is 13.0 Å². The van der Waals surface area contributed by atoms with Crippen LogP contribution in [0.25, 0.3) is 0 Å². The molecular formula is C20H28FN3O2. The Morgan fingerprint density at radius 2 is 2.19 bits per heavy atom. The first-order chi connectivity index (χ1) is 12.5. The lowest BCUT2D eigenvalue weighted by molar-refractivity contribution is 0.0705. The Balaban J connectivity index is 1.48. The summed E-state index contributed by atoms with van der Waals surface area (Å²) in [5, 5.41) is 8.77. The summed E-state index contributed by atoms with van der Waals surface area (Å²) >= 11 is 0. The van der Waals surface area contributed by atoms with Gasteiger partial charge in [0.25, 0.3) is 5.91 Å². The summed E-state index contributed by atoms with van der Waals surface area (Å²) in [6, 6.07) is 3.49. The normalized spacial score (nSPS) is 29.7. The number of halogens is 1. The van der Waals surface area contributed by atoms with E-state index in [1.165, 1.54) is 51.3 Å². The summed E-state index contributed by atoms with van der Waals surface area (Å²) < 4.78 is 14.6. The number of hydrogen-bond donors (Lipinski definition) is 2. The van der Waals surface area contributed by atoms with Crippen molar-refractivity contribution in [2.75, 3.05) is 26.7 Å². The van der Waals surface area contributed by atoms with Crippen LogP contribution in [0, 0.1) is 11.2 Å². The van der Waals surface area contributed by atoms with Gasteiger partial charge in [0.15, 0.2) is 0 Å². The van der Waals surface area contributed by atoms with Crippen molar-refractivity contribution < 1.29 is 14.4 Å². The van der Waals surface area contributed by atoms with Crippen LogP contribution >= 0.6 is 0 Å². The van der Waals surface area contributed by atoms with Gasteiger partial charge in [0.05, 0.1) is 0 Å². The van der Waals surface area contributed by atoms with Gasteiger partial charge in [-0.3, -0.25) is 14.9 Å². The summed E-state index contributed by atoms with van der Waals surface area (Å²) in [6.45, 7) is 3.94. The molecule has 6 heteroatoms.